The molecule has 0 radical (unpaired) electrons. The van der Waals surface area contributed by atoms with E-state index in [9.17, 15) is 4.79 Å². The Morgan fingerprint density at radius 1 is 1.18 bits per heavy atom. The normalized spacial score (nSPS) is 10.4. The molecular weight excluding hydrogens is 220 g/mol. The van der Waals surface area contributed by atoms with Crippen LogP contribution in [0.2, 0.25) is 0 Å². The molecule has 0 atom stereocenters. The van der Waals surface area contributed by atoms with Gasteiger partial charge < -0.3 is 9.47 Å². The number of carbonyl (C=O) groups is 1. The van der Waals surface area contributed by atoms with Crippen LogP contribution in [0.25, 0.3) is 11.0 Å². The van der Waals surface area contributed by atoms with Crippen LogP contribution >= 0.6 is 0 Å². The third-order valence-electron chi connectivity index (χ3n) is 2.29. The summed E-state index contributed by atoms with van der Waals surface area (Å²) >= 11 is 0. The summed E-state index contributed by atoms with van der Waals surface area (Å²) in [4.78, 5) is 19.2. The molecule has 5 heteroatoms. The third-order valence-corrected chi connectivity index (χ3v) is 2.29. The summed E-state index contributed by atoms with van der Waals surface area (Å²) in [5, 5.41) is 0. The van der Waals surface area contributed by atoms with E-state index < -0.39 is 0 Å². The third kappa shape index (κ3) is 2.39. The lowest BCUT2D eigenvalue weighted by Crippen LogP contribution is -2.05. The lowest BCUT2D eigenvalue weighted by atomic mass is 10.2. The Morgan fingerprint density at radius 3 is 2.65 bits per heavy atom. The van der Waals surface area contributed by atoms with E-state index in [0.717, 1.165) is 6.29 Å². The van der Waals surface area contributed by atoms with Crippen LogP contribution in [0.4, 0.5) is 0 Å². The molecule has 1 heterocycles. The highest BCUT2D eigenvalue weighted by Gasteiger charge is 2.08. The Bertz CT molecular complexity index is 528. The molecule has 1 aromatic carbocycles. The standard InChI is InChI=1S/C12H12N2O3/c1-16-6-7-17-10-3-2-9(8-15)11-12(10)14-5-4-13-11/h2-5,8H,6-7H2,1H3. The van der Waals surface area contributed by atoms with Gasteiger partial charge in [0, 0.05) is 25.1 Å². The zero-order valence-electron chi connectivity index (χ0n) is 9.42. The summed E-state index contributed by atoms with van der Waals surface area (Å²) in [6, 6.07) is 3.39. The van der Waals surface area contributed by atoms with Crippen LogP contribution in [0.15, 0.2) is 24.5 Å². The highest BCUT2D eigenvalue weighted by molar-refractivity contribution is 5.96. The van der Waals surface area contributed by atoms with Crippen LogP contribution in [-0.2, 0) is 4.74 Å². The summed E-state index contributed by atoms with van der Waals surface area (Å²) in [6.07, 6.45) is 3.88. The summed E-state index contributed by atoms with van der Waals surface area (Å²) in [5.74, 6) is 0.607. The van der Waals surface area contributed by atoms with Crippen molar-refractivity contribution in [1.29, 1.82) is 0 Å². The van der Waals surface area contributed by atoms with E-state index in [1.165, 1.54) is 0 Å². The number of hydrogen-bond acceptors (Lipinski definition) is 5. The number of benzene rings is 1. The van der Waals surface area contributed by atoms with E-state index in [1.54, 1.807) is 31.6 Å². The smallest absolute Gasteiger partial charge is 0.152 e. The van der Waals surface area contributed by atoms with Crippen LogP contribution in [-0.4, -0.2) is 36.6 Å². The van der Waals surface area contributed by atoms with Crippen molar-refractivity contribution in [2.45, 2.75) is 0 Å². The van der Waals surface area contributed by atoms with Crippen molar-refractivity contribution >= 4 is 17.3 Å². The molecule has 5 nitrogen and oxygen atoms in total. The number of fused-ring (bicyclic) bond motifs is 1. The van der Waals surface area contributed by atoms with Gasteiger partial charge in [0.2, 0.25) is 0 Å². The van der Waals surface area contributed by atoms with E-state index in [2.05, 4.69) is 9.97 Å². The molecule has 0 spiro atoms. The topological polar surface area (TPSA) is 61.3 Å². The van der Waals surface area contributed by atoms with Gasteiger partial charge in [-0.05, 0) is 12.1 Å². The molecule has 0 aliphatic rings. The Hall–Kier alpha value is -2.01. The van der Waals surface area contributed by atoms with Crippen molar-refractivity contribution in [2.75, 3.05) is 20.3 Å². The second-order valence-electron chi connectivity index (χ2n) is 3.37. The Balaban J connectivity index is 2.40. The largest absolute Gasteiger partial charge is 0.489 e. The van der Waals surface area contributed by atoms with Gasteiger partial charge in [0.15, 0.2) is 6.29 Å². The number of methoxy groups -OCH3 is 1. The number of aromatic nitrogens is 2. The molecule has 0 bridgehead atoms. The number of hydrogen-bond donors (Lipinski definition) is 0. The summed E-state index contributed by atoms with van der Waals surface area (Å²) in [6.45, 7) is 0.930. The summed E-state index contributed by atoms with van der Waals surface area (Å²) in [7, 11) is 1.61. The molecule has 17 heavy (non-hydrogen) atoms. The van der Waals surface area contributed by atoms with Crippen molar-refractivity contribution in [1.82, 2.24) is 9.97 Å². The minimum absolute atomic E-state index is 0.433. The van der Waals surface area contributed by atoms with Gasteiger partial charge in [-0.25, -0.2) is 4.98 Å². The molecule has 0 saturated carbocycles. The molecule has 0 N–H and O–H groups in total. The minimum atomic E-state index is 0.433. The van der Waals surface area contributed by atoms with Gasteiger partial charge in [-0.1, -0.05) is 0 Å². The molecule has 0 saturated heterocycles. The van der Waals surface area contributed by atoms with E-state index in [-0.39, 0.29) is 0 Å². The van der Waals surface area contributed by atoms with Crippen LogP contribution < -0.4 is 4.74 Å². The minimum Gasteiger partial charge on any atom is -0.489 e. The summed E-state index contributed by atoms with van der Waals surface area (Å²) in [5.41, 5.74) is 1.65. The first-order valence-corrected chi connectivity index (χ1v) is 5.17. The SMILES string of the molecule is COCCOc1ccc(C=O)c2nccnc12. The van der Waals surface area contributed by atoms with Crippen LogP contribution in [0, 0.1) is 0 Å². The average Bonchev–Trinajstić information content (AvgIpc) is 2.39. The van der Waals surface area contributed by atoms with E-state index in [4.69, 9.17) is 9.47 Å². The maximum Gasteiger partial charge on any atom is 0.152 e. The first-order valence-electron chi connectivity index (χ1n) is 5.17. The van der Waals surface area contributed by atoms with Gasteiger partial charge in [-0.15, -0.1) is 0 Å². The fourth-order valence-corrected chi connectivity index (χ4v) is 1.50. The van der Waals surface area contributed by atoms with Gasteiger partial charge in [0.25, 0.3) is 0 Å². The molecule has 1 aromatic heterocycles. The van der Waals surface area contributed by atoms with Gasteiger partial charge in [-0.2, -0.15) is 0 Å². The summed E-state index contributed by atoms with van der Waals surface area (Å²) < 4.78 is 10.4. The fourth-order valence-electron chi connectivity index (χ4n) is 1.50. The van der Waals surface area contributed by atoms with Crippen LogP contribution in [0.3, 0.4) is 0 Å². The molecule has 0 unspecified atom stereocenters. The van der Waals surface area contributed by atoms with Crippen LogP contribution in [0.1, 0.15) is 10.4 Å². The van der Waals surface area contributed by atoms with Crippen molar-refractivity contribution in [3.05, 3.63) is 30.1 Å². The van der Waals surface area contributed by atoms with Gasteiger partial charge in [-0.3, -0.25) is 9.78 Å². The second-order valence-corrected chi connectivity index (χ2v) is 3.37. The molecular formula is C12H12N2O3. The number of rotatable bonds is 5. The molecule has 0 aliphatic heterocycles. The quantitative estimate of drug-likeness (QED) is 0.577. The maximum absolute atomic E-state index is 10.9. The van der Waals surface area contributed by atoms with Gasteiger partial charge >= 0.3 is 0 Å². The number of carbonyl (C=O) groups excluding carboxylic acids is 1. The van der Waals surface area contributed by atoms with Crippen LogP contribution in [0.5, 0.6) is 5.75 Å². The number of ether oxygens (including phenoxy) is 2. The van der Waals surface area contributed by atoms with Crippen molar-refractivity contribution in [2.24, 2.45) is 0 Å². The van der Waals surface area contributed by atoms with Gasteiger partial charge in [0.05, 0.1) is 6.61 Å². The monoisotopic (exact) mass is 232 g/mol. The van der Waals surface area contributed by atoms with Crippen molar-refractivity contribution in [3.8, 4) is 5.75 Å². The molecule has 0 aliphatic carbocycles. The van der Waals surface area contributed by atoms with E-state index >= 15 is 0 Å². The average molecular weight is 232 g/mol. The highest BCUT2D eigenvalue weighted by atomic mass is 16.5. The van der Waals surface area contributed by atoms with Crippen molar-refractivity contribution in [3.63, 3.8) is 0 Å². The number of nitrogens with zero attached hydrogens (tertiary/aromatic N) is 2. The second kappa shape index (κ2) is 5.36. The zero-order chi connectivity index (χ0) is 12.1. The predicted molar refractivity (Wildman–Crippen MR) is 62.3 cm³/mol. The van der Waals surface area contributed by atoms with E-state index in [0.29, 0.717) is 35.6 Å². The molecule has 0 amide bonds. The Morgan fingerprint density at radius 2 is 1.94 bits per heavy atom. The zero-order valence-corrected chi connectivity index (χ0v) is 9.42. The molecule has 0 fully saturated rings. The molecule has 88 valence electrons. The lowest BCUT2D eigenvalue weighted by Gasteiger charge is -2.08. The first-order chi connectivity index (χ1) is 8.36. The fraction of sp³-hybridized carbons (Fsp3) is 0.250. The predicted octanol–water partition coefficient (Wildman–Crippen LogP) is 1.47. The highest BCUT2D eigenvalue weighted by Crippen LogP contribution is 2.24. The van der Waals surface area contributed by atoms with Crippen molar-refractivity contribution < 1.29 is 14.3 Å². The van der Waals surface area contributed by atoms with Gasteiger partial charge in [0.1, 0.15) is 23.4 Å². The Labute approximate surface area is 98.4 Å². The molecule has 2 rings (SSSR count). The molecule has 2 aromatic rings. The number of aldehydes is 1. The maximum atomic E-state index is 10.9. The van der Waals surface area contributed by atoms with E-state index in [1.807, 2.05) is 0 Å². The lowest BCUT2D eigenvalue weighted by molar-refractivity contribution is 0.112. The first kappa shape index (κ1) is 11.5. The Kier molecular flexibility index (Phi) is 3.62.